The van der Waals surface area contributed by atoms with E-state index < -0.39 is 18.3 Å². The van der Waals surface area contributed by atoms with Gasteiger partial charge in [-0.15, -0.1) is 0 Å². The van der Waals surface area contributed by atoms with Crippen molar-refractivity contribution in [3.8, 4) is 0 Å². The highest BCUT2D eigenvalue weighted by Crippen LogP contribution is 2.04. The third-order valence-electron chi connectivity index (χ3n) is 1.71. The lowest BCUT2D eigenvalue weighted by molar-refractivity contribution is -0.127. The van der Waals surface area contributed by atoms with Gasteiger partial charge in [0.25, 0.3) is 0 Å². The molecular formula is C8H16O4. The molecule has 0 spiro atoms. The Morgan fingerprint density at radius 1 is 1.25 bits per heavy atom. The van der Waals surface area contributed by atoms with Crippen molar-refractivity contribution in [2.75, 3.05) is 0 Å². The summed E-state index contributed by atoms with van der Waals surface area (Å²) in [6, 6.07) is 0. The van der Waals surface area contributed by atoms with E-state index in [1.807, 2.05) is 0 Å². The zero-order valence-corrected chi connectivity index (χ0v) is 7.40. The van der Waals surface area contributed by atoms with Crippen LogP contribution in [0.1, 0.15) is 26.7 Å². The highest BCUT2D eigenvalue weighted by Gasteiger charge is 2.15. The van der Waals surface area contributed by atoms with Crippen LogP contribution in [0.4, 0.5) is 0 Å². The van der Waals surface area contributed by atoms with Crippen molar-refractivity contribution in [3.63, 3.8) is 0 Å². The molecule has 0 radical (unpaired) electrons. The lowest BCUT2D eigenvalue weighted by Gasteiger charge is -2.12. The quantitative estimate of drug-likeness (QED) is 0.525. The largest absolute Gasteiger partial charge is 0.391 e. The van der Waals surface area contributed by atoms with Crippen molar-refractivity contribution < 1.29 is 20.1 Å². The monoisotopic (exact) mass is 176 g/mol. The van der Waals surface area contributed by atoms with E-state index in [9.17, 15) is 4.79 Å². The number of hydrogen-bond acceptors (Lipinski definition) is 4. The number of aliphatic hydroxyl groups excluding tert-OH is 3. The average molecular weight is 176 g/mol. The summed E-state index contributed by atoms with van der Waals surface area (Å²) >= 11 is 0. The molecule has 0 aliphatic heterocycles. The molecule has 4 heteroatoms. The van der Waals surface area contributed by atoms with Crippen molar-refractivity contribution in [3.05, 3.63) is 0 Å². The lowest BCUT2D eigenvalue weighted by atomic mass is 10.1. The number of aliphatic hydroxyl groups is 3. The molecule has 0 aliphatic rings. The molecule has 0 bridgehead atoms. The molecule has 0 aliphatic carbocycles. The fraction of sp³-hybridized carbons (Fsp3) is 0.875. The Balaban J connectivity index is 3.61. The third kappa shape index (κ3) is 4.43. The topological polar surface area (TPSA) is 77.8 Å². The second kappa shape index (κ2) is 5.24. The van der Waals surface area contributed by atoms with Gasteiger partial charge in [-0.3, -0.25) is 4.79 Å². The van der Waals surface area contributed by atoms with E-state index in [2.05, 4.69) is 0 Å². The Morgan fingerprint density at radius 2 is 1.75 bits per heavy atom. The first-order chi connectivity index (χ1) is 5.45. The van der Waals surface area contributed by atoms with Crippen LogP contribution in [0.2, 0.25) is 0 Å². The molecule has 0 aromatic rings. The molecule has 0 fully saturated rings. The first kappa shape index (κ1) is 11.6. The molecule has 0 saturated heterocycles. The van der Waals surface area contributed by atoms with Crippen molar-refractivity contribution in [2.45, 2.75) is 45.0 Å². The van der Waals surface area contributed by atoms with Crippen LogP contribution in [0.25, 0.3) is 0 Å². The standard InChI is InChI=1S/C8H16O4/c1-5(9)7(11)3-4-8(12)6(2)10/h5-7,9-11H,3-4H2,1-2H3. The maximum Gasteiger partial charge on any atom is 0.161 e. The highest BCUT2D eigenvalue weighted by molar-refractivity contribution is 5.82. The number of hydrogen-bond donors (Lipinski definition) is 3. The average Bonchev–Trinajstić information content (AvgIpc) is 1.98. The first-order valence-corrected chi connectivity index (χ1v) is 4.02. The molecule has 0 heterocycles. The van der Waals surface area contributed by atoms with Gasteiger partial charge in [0.05, 0.1) is 12.2 Å². The number of rotatable bonds is 5. The van der Waals surface area contributed by atoms with Gasteiger partial charge in [-0.25, -0.2) is 0 Å². The minimum absolute atomic E-state index is 0.101. The van der Waals surface area contributed by atoms with Gasteiger partial charge >= 0.3 is 0 Å². The fourth-order valence-corrected chi connectivity index (χ4v) is 0.740. The Bertz CT molecular complexity index is 142. The summed E-state index contributed by atoms with van der Waals surface area (Å²) in [6.07, 6.45) is -2.39. The van der Waals surface area contributed by atoms with E-state index in [-0.39, 0.29) is 18.6 Å². The summed E-state index contributed by atoms with van der Waals surface area (Å²) in [4.78, 5) is 10.8. The summed E-state index contributed by atoms with van der Waals surface area (Å²) in [7, 11) is 0. The van der Waals surface area contributed by atoms with Crippen LogP contribution < -0.4 is 0 Å². The lowest BCUT2D eigenvalue weighted by Crippen LogP contribution is -2.25. The molecule has 72 valence electrons. The van der Waals surface area contributed by atoms with Gasteiger partial charge in [0.15, 0.2) is 5.78 Å². The summed E-state index contributed by atoms with van der Waals surface area (Å²) in [6.45, 7) is 2.84. The molecule has 12 heavy (non-hydrogen) atoms. The van der Waals surface area contributed by atoms with Crippen LogP contribution in [0.15, 0.2) is 0 Å². The van der Waals surface area contributed by atoms with Crippen molar-refractivity contribution in [1.29, 1.82) is 0 Å². The first-order valence-electron chi connectivity index (χ1n) is 4.02. The van der Waals surface area contributed by atoms with Crippen molar-refractivity contribution in [1.82, 2.24) is 0 Å². The van der Waals surface area contributed by atoms with Crippen molar-refractivity contribution in [2.24, 2.45) is 0 Å². The highest BCUT2D eigenvalue weighted by atomic mass is 16.3. The number of Topliss-reactive ketones (excluding diaryl/α,β-unsaturated/α-hetero) is 1. The van der Waals surface area contributed by atoms with Crippen LogP contribution in [-0.4, -0.2) is 39.4 Å². The van der Waals surface area contributed by atoms with Crippen LogP contribution in [-0.2, 0) is 4.79 Å². The molecular weight excluding hydrogens is 160 g/mol. The van der Waals surface area contributed by atoms with E-state index in [1.165, 1.54) is 13.8 Å². The zero-order chi connectivity index (χ0) is 9.72. The van der Waals surface area contributed by atoms with E-state index in [4.69, 9.17) is 15.3 Å². The molecule has 4 nitrogen and oxygen atoms in total. The Morgan fingerprint density at radius 3 is 2.08 bits per heavy atom. The molecule has 0 amide bonds. The summed E-state index contributed by atoms with van der Waals surface area (Å²) in [5.74, 6) is -0.310. The summed E-state index contributed by atoms with van der Waals surface area (Å²) in [5, 5.41) is 26.7. The summed E-state index contributed by atoms with van der Waals surface area (Å²) in [5.41, 5.74) is 0. The molecule has 3 unspecified atom stereocenters. The Kier molecular flexibility index (Phi) is 5.04. The van der Waals surface area contributed by atoms with E-state index in [0.717, 1.165) is 0 Å². The summed E-state index contributed by atoms with van der Waals surface area (Å²) < 4.78 is 0. The van der Waals surface area contributed by atoms with E-state index >= 15 is 0 Å². The minimum Gasteiger partial charge on any atom is -0.391 e. The molecule has 3 N–H and O–H groups in total. The van der Waals surface area contributed by atoms with Crippen LogP contribution in [0, 0.1) is 0 Å². The maximum absolute atomic E-state index is 10.8. The molecule has 0 aromatic heterocycles. The molecule has 0 aromatic carbocycles. The van der Waals surface area contributed by atoms with Gasteiger partial charge in [0.2, 0.25) is 0 Å². The maximum atomic E-state index is 10.8. The zero-order valence-electron chi connectivity index (χ0n) is 7.40. The minimum atomic E-state index is -0.980. The molecule has 3 atom stereocenters. The van der Waals surface area contributed by atoms with Gasteiger partial charge in [-0.2, -0.15) is 0 Å². The predicted molar refractivity (Wildman–Crippen MR) is 43.6 cm³/mol. The molecule has 0 rings (SSSR count). The normalized spacial score (nSPS) is 18.4. The Labute approximate surface area is 71.8 Å². The third-order valence-corrected chi connectivity index (χ3v) is 1.71. The fourth-order valence-electron chi connectivity index (χ4n) is 0.740. The number of carbonyl (C=O) groups excluding carboxylic acids is 1. The van der Waals surface area contributed by atoms with E-state index in [1.54, 1.807) is 0 Å². The van der Waals surface area contributed by atoms with E-state index in [0.29, 0.717) is 0 Å². The SMILES string of the molecule is CC(O)C(=O)CCC(O)C(C)O. The van der Waals surface area contributed by atoms with Gasteiger partial charge in [-0.1, -0.05) is 0 Å². The van der Waals surface area contributed by atoms with Crippen LogP contribution in [0.5, 0.6) is 0 Å². The van der Waals surface area contributed by atoms with Gasteiger partial charge in [0.1, 0.15) is 6.10 Å². The second-order valence-corrected chi connectivity index (χ2v) is 2.99. The predicted octanol–water partition coefficient (Wildman–Crippen LogP) is -0.542. The van der Waals surface area contributed by atoms with Gasteiger partial charge in [0, 0.05) is 6.42 Å². The Hall–Kier alpha value is -0.450. The number of ketones is 1. The van der Waals surface area contributed by atoms with Crippen LogP contribution >= 0.6 is 0 Å². The van der Waals surface area contributed by atoms with Gasteiger partial charge < -0.3 is 15.3 Å². The second-order valence-electron chi connectivity index (χ2n) is 2.99. The van der Waals surface area contributed by atoms with Gasteiger partial charge in [-0.05, 0) is 20.3 Å². The molecule has 0 saturated carbocycles. The number of carbonyl (C=O) groups is 1. The van der Waals surface area contributed by atoms with Crippen LogP contribution in [0.3, 0.4) is 0 Å². The van der Waals surface area contributed by atoms with Crippen molar-refractivity contribution >= 4 is 5.78 Å². The smallest absolute Gasteiger partial charge is 0.161 e.